The average molecular weight is 337 g/mol. The predicted octanol–water partition coefficient (Wildman–Crippen LogP) is 2.84. The van der Waals surface area contributed by atoms with Gasteiger partial charge in [-0.25, -0.2) is 17.1 Å². The molecule has 0 atom stereocenters. The molecule has 23 heavy (non-hydrogen) atoms. The van der Waals surface area contributed by atoms with Crippen LogP contribution < -0.4 is 4.74 Å². The zero-order valence-electron chi connectivity index (χ0n) is 13.2. The number of hydrogen-bond acceptors (Lipinski definition) is 3. The summed E-state index contributed by atoms with van der Waals surface area (Å²) in [7, 11) is -0.263. The van der Waals surface area contributed by atoms with Gasteiger partial charge in [-0.2, -0.15) is 0 Å². The minimum atomic E-state index is -3.42. The van der Waals surface area contributed by atoms with Crippen LogP contribution in [0.3, 0.4) is 0 Å². The van der Waals surface area contributed by atoms with Gasteiger partial charge in [0.15, 0.2) is 0 Å². The van der Waals surface area contributed by atoms with Gasteiger partial charge in [0.1, 0.15) is 11.6 Å². The third kappa shape index (κ3) is 5.04. The Kier molecular flexibility index (Phi) is 5.74. The number of likely N-dealkylation sites (N-methyl/N-ethyl adjacent to an activating group) is 1. The smallest absolute Gasteiger partial charge is 0.218 e. The topological polar surface area (TPSA) is 46.6 Å². The van der Waals surface area contributed by atoms with Crippen molar-refractivity contribution in [3.63, 3.8) is 0 Å². The Labute approximate surface area is 136 Å². The molecule has 0 heterocycles. The second-order valence-corrected chi connectivity index (χ2v) is 7.38. The van der Waals surface area contributed by atoms with Gasteiger partial charge >= 0.3 is 0 Å². The van der Waals surface area contributed by atoms with Gasteiger partial charge in [0.25, 0.3) is 0 Å². The highest BCUT2D eigenvalue weighted by Gasteiger charge is 2.18. The van der Waals surface area contributed by atoms with E-state index in [1.807, 2.05) is 24.3 Å². The molecule has 0 N–H and O–H groups in total. The third-order valence-corrected chi connectivity index (χ3v) is 5.44. The van der Waals surface area contributed by atoms with Crippen molar-refractivity contribution < 1.29 is 17.5 Å². The van der Waals surface area contributed by atoms with Crippen molar-refractivity contribution in [2.45, 2.75) is 12.2 Å². The van der Waals surface area contributed by atoms with E-state index in [-0.39, 0.29) is 11.6 Å². The lowest BCUT2D eigenvalue weighted by molar-refractivity contribution is 0.414. The molecule has 0 unspecified atom stereocenters. The largest absolute Gasteiger partial charge is 0.497 e. The molecule has 0 saturated carbocycles. The fourth-order valence-corrected chi connectivity index (χ4v) is 3.32. The Bertz CT molecular complexity index is 727. The average Bonchev–Trinajstić information content (AvgIpc) is 2.55. The lowest BCUT2D eigenvalue weighted by Crippen LogP contribution is -2.30. The summed E-state index contributed by atoms with van der Waals surface area (Å²) in [6, 6.07) is 13.0. The minimum absolute atomic E-state index is 0.133. The Morgan fingerprint density at radius 3 is 2.13 bits per heavy atom. The first-order chi connectivity index (χ1) is 10.9. The zero-order valence-corrected chi connectivity index (χ0v) is 14.0. The fourth-order valence-electron chi connectivity index (χ4n) is 2.12. The molecule has 0 saturated heterocycles. The van der Waals surface area contributed by atoms with Gasteiger partial charge in [-0.05, 0) is 41.8 Å². The highest BCUT2D eigenvalue weighted by atomic mass is 32.2. The van der Waals surface area contributed by atoms with Gasteiger partial charge in [-0.3, -0.25) is 0 Å². The Hall–Kier alpha value is -1.92. The second kappa shape index (κ2) is 7.57. The van der Waals surface area contributed by atoms with E-state index >= 15 is 0 Å². The number of methoxy groups -OCH3 is 1. The summed E-state index contributed by atoms with van der Waals surface area (Å²) < 4.78 is 43.9. The zero-order chi connectivity index (χ0) is 16.9. The number of rotatable bonds is 7. The summed E-state index contributed by atoms with van der Waals surface area (Å²) in [6.45, 7) is 0.385. The molecule has 0 fully saturated rings. The van der Waals surface area contributed by atoms with Crippen LogP contribution in [-0.2, 0) is 22.2 Å². The van der Waals surface area contributed by atoms with Crippen molar-refractivity contribution in [2.24, 2.45) is 0 Å². The van der Waals surface area contributed by atoms with Crippen molar-refractivity contribution in [1.29, 1.82) is 0 Å². The number of sulfonamides is 1. The first kappa shape index (κ1) is 17.4. The molecule has 0 bridgehead atoms. The lowest BCUT2D eigenvalue weighted by atomic mass is 10.1. The first-order valence-electron chi connectivity index (χ1n) is 7.22. The molecule has 0 aliphatic rings. The van der Waals surface area contributed by atoms with E-state index in [0.29, 0.717) is 18.5 Å². The molecule has 0 aliphatic heterocycles. The van der Waals surface area contributed by atoms with E-state index in [0.717, 1.165) is 11.3 Å². The number of ether oxygens (including phenoxy) is 1. The molecule has 124 valence electrons. The Morgan fingerprint density at radius 1 is 1.00 bits per heavy atom. The van der Waals surface area contributed by atoms with Crippen LogP contribution >= 0.6 is 0 Å². The van der Waals surface area contributed by atoms with Crippen LogP contribution in [0.1, 0.15) is 11.1 Å². The van der Waals surface area contributed by atoms with E-state index < -0.39 is 10.0 Å². The van der Waals surface area contributed by atoms with Crippen LogP contribution in [-0.4, -0.2) is 33.4 Å². The van der Waals surface area contributed by atoms with Crippen LogP contribution in [0, 0.1) is 5.82 Å². The van der Waals surface area contributed by atoms with Crippen molar-refractivity contribution in [1.82, 2.24) is 4.31 Å². The summed E-state index contributed by atoms with van der Waals surface area (Å²) in [6.07, 6.45) is 0.614. The van der Waals surface area contributed by atoms with Gasteiger partial charge < -0.3 is 4.74 Å². The van der Waals surface area contributed by atoms with Crippen LogP contribution in [0.4, 0.5) is 4.39 Å². The molecule has 0 radical (unpaired) electrons. The monoisotopic (exact) mass is 337 g/mol. The van der Waals surface area contributed by atoms with Crippen molar-refractivity contribution in [2.75, 3.05) is 20.7 Å². The number of nitrogens with zero attached hydrogens (tertiary/aromatic N) is 1. The summed E-state index contributed by atoms with van der Waals surface area (Å²) in [4.78, 5) is 0. The molecule has 2 rings (SSSR count). The maximum absolute atomic E-state index is 12.9. The summed E-state index contributed by atoms with van der Waals surface area (Å²) in [5, 5.41) is 0. The highest BCUT2D eigenvalue weighted by Crippen LogP contribution is 2.14. The van der Waals surface area contributed by atoms with Gasteiger partial charge in [0.2, 0.25) is 10.0 Å². The summed E-state index contributed by atoms with van der Waals surface area (Å²) in [5.74, 6) is 0.261. The van der Waals surface area contributed by atoms with Crippen molar-refractivity contribution in [3.05, 3.63) is 65.5 Å². The molecular weight excluding hydrogens is 317 g/mol. The predicted molar refractivity (Wildman–Crippen MR) is 88.4 cm³/mol. The summed E-state index contributed by atoms with van der Waals surface area (Å²) >= 11 is 0. The van der Waals surface area contributed by atoms with E-state index in [1.165, 1.54) is 28.6 Å². The van der Waals surface area contributed by atoms with Crippen LogP contribution in [0.5, 0.6) is 5.75 Å². The molecule has 4 nitrogen and oxygen atoms in total. The van der Waals surface area contributed by atoms with Gasteiger partial charge in [0, 0.05) is 13.6 Å². The second-order valence-electron chi connectivity index (χ2n) is 5.30. The first-order valence-corrected chi connectivity index (χ1v) is 8.83. The molecule has 0 amide bonds. The number of halogens is 1. The van der Waals surface area contributed by atoms with E-state index in [1.54, 1.807) is 14.2 Å². The number of hydrogen-bond donors (Lipinski definition) is 0. The van der Waals surface area contributed by atoms with Crippen LogP contribution in [0.25, 0.3) is 0 Å². The molecule has 0 spiro atoms. The van der Waals surface area contributed by atoms with Gasteiger partial charge in [-0.15, -0.1) is 0 Å². The fraction of sp³-hybridized carbons (Fsp3) is 0.294. The Morgan fingerprint density at radius 2 is 1.57 bits per heavy atom. The SMILES string of the molecule is COc1ccc(CCN(C)S(=O)(=O)Cc2ccc(F)cc2)cc1. The molecule has 6 heteroatoms. The standard InChI is InChI=1S/C17H20FNO3S/c1-19(12-11-14-5-9-17(22-2)10-6-14)23(20,21)13-15-3-7-16(18)8-4-15/h3-10H,11-13H2,1-2H3. The molecule has 0 aliphatic carbocycles. The molecular formula is C17H20FNO3S. The van der Waals surface area contributed by atoms with Crippen molar-refractivity contribution in [3.8, 4) is 5.75 Å². The summed E-state index contributed by atoms with van der Waals surface area (Å²) in [5.41, 5.74) is 1.61. The van der Waals surface area contributed by atoms with Crippen LogP contribution in [0.15, 0.2) is 48.5 Å². The van der Waals surface area contributed by atoms with Gasteiger partial charge in [0.05, 0.1) is 12.9 Å². The van der Waals surface area contributed by atoms with E-state index in [2.05, 4.69) is 0 Å². The molecule has 2 aromatic rings. The Balaban J connectivity index is 1.94. The van der Waals surface area contributed by atoms with Gasteiger partial charge in [-0.1, -0.05) is 24.3 Å². The third-order valence-electron chi connectivity index (χ3n) is 3.61. The van der Waals surface area contributed by atoms with E-state index in [4.69, 9.17) is 4.74 Å². The maximum Gasteiger partial charge on any atom is 0.218 e. The maximum atomic E-state index is 12.9. The van der Waals surface area contributed by atoms with Crippen LogP contribution in [0.2, 0.25) is 0 Å². The minimum Gasteiger partial charge on any atom is -0.497 e. The molecule has 2 aromatic carbocycles. The lowest BCUT2D eigenvalue weighted by Gasteiger charge is -2.17. The van der Waals surface area contributed by atoms with Crippen molar-refractivity contribution >= 4 is 10.0 Å². The van der Waals surface area contributed by atoms with E-state index in [9.17, 15) is 12.8 Å². The molecule has 0 aromatic heterocycles. The quantitative estimate of drug-likeness (QED) is 0.780. The highest BCUT2D eigenvalue weighted by molar-refractivity contribution is 7.88. The normalized spacial score (nSPS) is 11.7. The number of benzene rings is 2.